The van der Waals surface area contributed by atoms with Gasteiger partial charge in [0, 0.05) is 6.04 Å². The first-order chi connectivity index (χ1) is 9.17. The van der Waals surface area contributed by atoms with Crippen molar-refractivity contribution in [2.75, 3.05) is 13.2 Å². The molecule has 2 heteroatoms. The summed E-state index contributed by atoms with van der Waals surface area (Å²) in [5, 5.41) is 3.51. The van der Waals surface area contributed by atoms with Crippen molar-refractivity contribution in [2.45, 2.75) is 53.0 Å². The first kappa shape index (κ1) is 16.0. The summed E-state index contributed by atoms with van der Waals surface area (Å²) in [6.07, 6.45) is 3.62. The van der Waals surface area contributed by atoms with Gasteiger partial charge >= 0.3 is 0 Å². The predicted octanol–water partition coefficient (Wildman–Crippen LogP) is 4.56. The summed E-state index contributed by atoms with van der Waals surface area (Å²) in [4.78, 5) is 0. The van der Waals surface area contributed by atoms with Gasteiger partial charge in [-0.15, -0.1) is 0 Å². The van der Waals surface area contributed by atoms with Gasteiger partial charge in [-0.1, -0.05) is 39.3 Å². The van der Waals surface area contributed by atoms with Crippen molar-refractivity contribution < 1.29 is 4.74 Å². The molecule has 0 aliphatic rings. The number of benzene rings is 1. The van der Waals surface area contributed by atoms with Gasteiger partial charge in [-0.3, -0.25) is 0 Å². The quantitative estimate of drug-likeness (QED) is 0.705. The zero-order valence-corrected chi connectivity index (χ0v) is 12.9. The molecule has 0 spiro atoms. The third-order valence-corrected chi connectivity index (χ3v) is 3.37. The zero-order chi connectivity index (χ0) is 14.1. The van der Waals surface area contributed by atoms with Gasteiger partial charge in [-0.25, -0.2) is 0 Å². The van der Waals surface area contributed by atoms with Gasteiger partial charge in [0.15, 0.2) is 0 Å². The maximum atomic E-state index is 5.89. The van der Waals surface area contributed by atoms with E-state index in [1.807, 2.05) is 0 Å². The van der Waals surface area contributed by atoms with E-state index >= 15 is 0 Å². The van der Waals surface area contributed by atoms with Gasteiger partial charge in [0.25, 0.3) is 0 Å². The molecular weight excluding hydrogens is 234 g/mol. The van der Waals surface area contributed by atoms with E-state index in [1.54, 1.807) is 0 Å². The number of ether oxygens (including phenoxy) is 1. The molecule has 0 saturated carbocycles. The lowest BCUT2D eigenvalue weighted by molar-refractivity contribution is 0.251. The highest BCUT2D eigenvalue weighted by Gasteiger charge is 2.06. The topological polar surface area (TPSA) is 21.3 Å². The van der Waals surface area contributed by atoms with E-state index in [4.69, 9.17) is 4.74 Å². The van der Waals surface area contributed by atoms with Gasteiger partial charge in [-0.05, 0) is 49.9 Å². The van der Waals surface area contributed by atoms with Crippen LogP contribution in [0.25, 0.3) is 0 Å². The van der Waals surface area contributed by atoms with Gasteiger partial charge in [-0.2, -0.15) is 0 Å². The molecule has 2 unspecified atom stereocenters. The molecule has 19 heavy (non-hydrogen) atoms. The summed E-state index contributed by atoms with van der Waals surface area (Å²) in [7, 11) is 0. The van der Waals surface area contributed by atoms with Crippen molar-refractivity contribution >= 4 is 0 Å². The van der Waals surface area contributed by atoms with E-state index in [-0.39, 0.29) is 0 Å². The largest absolute Gasteiger partial charge is 0.493 e. The Kier molecular flexibility index (Phi) is 7.57. The molecule has 0 aliphatic heterocycles. The molecule has 108 valence electrons. The Hall–Kier alpha value is -1.02. The third kappa shape index (κ3) is 6.11. The lowest BCUT2D eigenvalue weighted by Gasteiger charge is -2.16. The molecule has 0 heterocycles. The third-order valence-electron chi connectivity index (χ3n) is 3.37. The summed E-state index contributed by atoms with van der Waals surface area (Å²) in [6, 6.07) is 8.84. The minimum absolute atomic E-state index is 0.386. The molecule has 0 aromatic heterocycles. The molecule has 2 atom stereocenters. The molecule has 1 rings (SSSR count). The smallest absolute Gasteiger partial charge is 0.119 e. The van der Waals surface area contributed by atoms with E-state index in [9.17, 15) is 0 Å². The monoisotopic (exact) mass is 263 g/mol. The molecule has 0 radical (unpaired) electrons. The highest BCUT2D eigenvalue weighted by Crippen LogP contribution is 2.20. The average Bonchev–Trinajstić information content (AvgIpc) is 2.43. The van der Waals surface area contributed by atoms with Crippen LogP contribution in [0.3, 0.4) is 0 Å². The standard InChI is InChI=1S/C17H29NO/c1-5-8-14(3)13-19-17-10-7-9-16(12-17)15(4)18-11-6-2/h7,9-10,12,14-15,18H,5-6,8,11,13H2,1-4H3. The fourth-order valence-corrected chi connectivity index (χ4v) is 2.17. The number of hydrogen-bond acceptors (Lipinski definition) is 2. The fourth-order valence-electron chi connectivity index (χ4n) is 2.17. The van der Waals surface area contributed by atoms with Crippen molar-refractivity contribution in [3.63, 3.8) is 0 Å². The molecule has 1 aromatic rings. The van der Waals surface area contributed by atoms with Gasteiger partial charge < -0.3 is 10.1 Å². The van der Waals surface area contributed by atoms with Crippen LogP contribution >= 0.6 is 0 Å². The van der Waals surface area contributed by atoms with Gasteiger partial charge in [0.05, 0.1) is 6.61 Å². The Morgan fingerprint density at radius 3 is 2.63 bits per heavy atom. The van der Waals surface area contributed by atoms with Crippen LogP contribution in [0.4, 0.5) is 0 Å². The van der Waals surface area contributed by atoms with E-state index in [0.29, 0.717) is 12.0 Å². The minimum Gasteiger partial charge on any atom is -0.493 e. The maximum absolute atomic E-state index is 5.89. The van der Waals surface area contributed by atoms with Crippen LogP contribution < -0.4 is 10.1 Å². The molecule has 0 aliphatic carbocycles. The first-order valence-corrected chi connectivity index (χ1v) is 7.63. The van der Waals surface area contributed by atoms with Crippen molar-refractivity contribution in [3.05, 3.63) is 29.8 Å². The number of nitrogens with one attached hydrogen (secondary N) is 1. The van der Waals surface area contributed by atoms with Crippen molar-refractivity contribution in [2.24, 2.45) is 5.92 Å². The van der Waals surface area contributed by atoms with Crippen molar-refractivity contribution in [1.82, 2.24) is 5.32 Å². The molecule has 2 nitrogen and oxygen atoms in total. The normalized spacial score (nSPS) is 14.1. The molecular formula is C17H29NO. The van der Waals surface area contributed by atoms with Crippen LogP contribution in [-0.4, -0.2) is 13.2 Å². The van der Waals surface area contributed by atoms with E-state index in [2.05, 4.69) is 57.3 Å². The summed E-state index contributed by atoms with van der Waals surface area (Å²) < 4.78 is 5.89. The predicted molar refractivity (Wildman–Crippen MR) is 82.7 cm³/mol. The average molecular weight is 263 g/mol. The molecule has 0 saturated heterocycles. The Balaban J connectivity index is 2.51. The van der Waals surface area contributed by atoms with E-state index < -0.39 is 0 Å². The Labute approximate surface area is 118 Å². The van der Waals surface area contributed by atoms with Crippen LogP contribution in [0.5, 0.6) is 5.75 Å². The Morgan fingerprint density at radius 1 is 1.16 bits per heavy atom. The highest BCUT2D eigenvalue weighted by atomic mass is 16.5. The summed E-state index contributed by atoms with van der Waals surface area (Å²) in [6.45, 7) is 10.7. The maximum Gasteiger partial charge on any atom is 0.119 e. The van der Waals surface area contributed by atoms with Crippen molar-refractivity contribution in [1.29, 1.82) is 0 Å². The SMILES string of the molecule is CCCNC(C)c1cccc(OCC(C)CCC)c1. The molecule has 1 N–H and O–H groups in total. The van der Waals surface area contributed by atoms with E-state index in [1.165, 1.54) is 18.4 Å². The molecule has 0 amide bonds. The fraction of sp³-hybridized carbons (Fsp3) is 0.647. The van der Waals surface area contributed by atoms with Gasteiger partial charge in [0.1, 0.15) is 5.75 Å². The summed E-state index contributed by atoms with van der Waals surface area (Å²) in [5.74, 6) is 1.62. The summed E-state index contributed by atoms with van der Waals surface area (Å²) >= 11 is 0. The lowest BCUT2D eigenvalue weighted by Crippen LogP contribution is -2.19. The number of rotatable bonds is 9. The van der Waals surface area contributed by atoms with Gasteiger partial charge in [0.2, 0.25) is 0 Å². The number of hydrogen-bond donors (Lipinski definition) is 1. The Morgan fingerprint density at radius 2 is 1.95 bits per heavy atom. The minimum atomic E-state index is 0.386. The lowest BCUT2D eigenvalue weighted by atomic mass is 10.1. The molecule has 1 aromatic carbocycles. The second kappa shape index (κ2) is 8.98. The second-order valence-electron chi connectivity index (χ2n) is 5.45. The van der Waals surface area contributed by atoms with Crippen LogP contribution in [0.1, 0.15) is 58.6 Å². The summed E-state index contributed by atoms with van der Waals surface area (Å²) in [5.41, 5.74) is 1.30. The van der Waals surface area contributed by atoms with E-state index in [0.717, 1.165) is 25.3 Å². The van der Waals surface area contributed by atoms with Crippen molar-refractivity contribution in [3.8, 4) is 5.75 Å². The van der Waals surface area contributed by atoms with Crippen LogP contribution in [0.15, 0.2) is 24.3 Å². The second-order valence-corrected chi connectivity index (χ2v) is 5.45. The first-order valence-electron chi connectivity index (χ1n) is 7.63. The molecule has 0 fully saturated rings. The Bertz CT molecular complexity index is 351. The zero-order valence-electron chi connectivity index (χ0n) is 12.9. The highest BCUT2D eigenvalue weighted by molar-refractivity contribution is 5.30. The van der Waals surface area contributed by atoms with Crippen LogP contribution in [0, 0.1) is 5.92 Å². The van der Waals surface area contributed by atoms with Crippen LogP contribution in [-0.2, 0) is 0 Å². The molecule has 0 bridgehead atoms. The van der Waals surface area contributed by atoms with Crippen LogP contribution in [0.2, 0.25) is 0 Å².